The van der Waals surface area contributed by atoms with Crippen molar-refractivity contribution >= 4 is 10.9 Å². The summed E-state index contributed by atoms with van der Waals surface area (Å²) in [5.41, 5.74) is 3.93. The van der Waals surface area contributed by atoms with Crippen LogP contribution in [-0.2, 0) is 0 Å². The summed E-state index contributed by atoms with van der Waals surface area (Å²) in [4.78, 5) is 3.33. The molecule has 2 aromatic rings. The molecular weight excluding hydrogens is 182 g/mol. The Morgan fingerprint density at radius 2 is 2.27 bits per heavy atom. The highest BCUT2D eigenvalue weighted by atomic mass is 14.7. The molecule has 0 aliphatic carbocycles. The lowest BCUT2D eigenvalue weighted by Crippen LogP contribution is -1.89. The molecule has 0 saturated heterocycles. The van der Waals surface area contributed by atoms with Crippen LogP contribution < -0.4 is 0 Å². The van der Waals surface area contributed by atoms with Gasteiger partial charge in [-0.25, -0.2) is 0 Å². The van der Waals surface area contributed by atoms with E-state index in [1.807, 2.05) is 6.08 Å². The standard InChI is InChI=1S/C14H17N/c1-4-5-11(3)13-9-15-14-8-10(2)6-7-12(13)14/h4,6-9,11,15H,1,5H2,2-3H3. The van der Waals surface area contributed by atoms with Crippen molar-refractivity contribution in [1.29, 1.82) is 0 Å². The Bertz CT molecular complexity index is 479. The van der Waals surface area contributed by atoms with Gasteiger partial charge in [-0.3, -0.25) is 0 Å². The average Bonchev–Trinajstić information content (AvgIpc) is 2.60. The Balaban J connectivity index is 2.49. The summed E-state index contributed by atoms with van der Waals surface area (Å²) in [7, 11) is 0. The molecule has 0 saturated carbocycles. The molecule has 15 heavy (non-hydrogen) atoms. The summed E-state index contributed by atoms with van der Waals surface area (Å²) in [5.74, 6) is 0.541. The number of allylic oxidation sites excluding steroid dienone is 1. The van der Waals surface area contributed by atoms with Gasteiger partial charge in [-0.2, -0.15) is 0 Å². The Labute approximate surface area is 90.8 Å². The lowest BCUT2D eigenvalue weighted by atomic mass is 9.97. The van der Waals surface area contributed by atoms with Gasteiger partial charge in [0, 0.05) is 17.1 Å². The quantitative estimate of drug-likeness (QED) is 0.714. The van der Waals surface area contributed by atoms with Gasteiger partial charge in [0.1, 0.15) is 0 Å². The lowest BCUT2D eigenvalue weighted by Gasteiger charge is -2.06. The third kappa shape index (κ3) is 1.82. The maximum absolute atomic E-state index is 3.79. The number of benzene rings is 1. The molecule has 1 heterocycles. The second-order valence-corrected chi connectivity index (χ2v) is 4.22. The van der Waals surface area contributed by atoms with Crippen molar-refractivity contribution < 1.29 is 0 Å². The minimum Gasteiger partial charge on any atom is -0.361 e. The van der Waals surface area contributed by atoms with Crippen LogP contribution >= 0.6 is 0 Å². The molecule has 1 atom stereocenters. The monoisotopic (exact) mass is 199 g/mol. The van der Waals surface area contributed by atoms with Crippen LogP contribution in [0.5, 0.6) is 0 Å². The zero-order chi connectivity index (χ0) is 10.8. The van der Waals surface area contributed by atoms with E-state index in [2.05, 4.69) is 49.8 Å². The predicted octanol–water partition coefficient (Wildman–Crippen LogP) is 4.16. The van der Waals surface area contributed by atoms with E-state index in [9.17, 15) is 0 Å². The van der Waals surface area contributed by atoms with Gasteiger partial charge >= 0.3 is 0 Å². The highest BCUT2D eigenvalue weighted by molar-refractivity contribution is 5.84. The van der Waals surface area contributed by atoms with Crippen molar-refractivity contribution in [3.63, 3.8) is 0 Å². The lowest BCUT2D eigenvalue weighted by molar-refractivity contribution is 0.789. The Kier molecular flexibility index (Phi) is 2.63. The Morgan fingerprint density at radius 1 is 1.47 bits per heavy atom. The van der Waals surface area contributed by atoms with Gasteiger partial charge in [0.05, 0.1) is 0 Å². The summed E-state index contributed by atoms with van der Waals surface area (Å²) in [6.07, 6.45) is 5.14. The normalized spacial score (nSPS) is 12.9. The largest absolute Gasteiger partial charge is 0.361 e. The Hall–Kier alpha value is -1.50. The number of fused-ring (bicyclic) bond motifs is 1. The fourth-order valence-electron chi connectivity index (χ4n) is 2.05. The van der Waals surface area contributed by atoms with E-state index in [4.69, 9.17) is 0 Å². The third-order valence-electron chi connectivity index (χ3n) is 2.92. The average molecular weight is 199 g/mol. The molecule has 2 rings (SSSR count). The van der Waals surface area contributed by atoms with E-state index in [1.54, 1.807) is 0 Å². The highest BCUT2D eigenvalue weighted by Crippen LogP contribution is 2.28. The van der Waals surface area contributed by atoms with Crippen molar-refractivity contribution in [3.8, 4) is 0 Å². The van der Waals surface area contributed by atoms with Crippen molar-refractivity contribution in [1.82, 2.24) is 4.98 Å². The first-order valence-electron chi connectivity index (χ1n) is 5.41. The zero-order valence-corrected chi connectivity index (χ0v) is 9.38. The first kappa shape index (κ1) is 10.0. The Morgan fingerprint density at radius 3 is 3.00 bits per heavy atom. The number of hydrogen-bond donors (Lipinski definition) is 1. The molecular formula is C14H17N. The molecule has 0 fully saturated rings. The fourth-order valence-corrected chi connectivity index (χ4v) is 2.05. The minimum atomic E-state index is 0.541. The van der Waals surface area contributed by atoms with Crippen LogP contribution in [0.15, 0.2) is 37.1 Å². The molecule has 0 radical (unpaired) electrons. The maximum Gasteiger partial charge on any atom is 0.0459 e. The zero-order valence-electron chi connectivity index (χ0n) is 9.38. The molecule has 0 aliphatic heterocycles. The summed E-state index contributed by atoms with van der Waals surface area (Å²) in [6, 6.07) is 6.57. The number of hydrogen-bond acceptors (Lipinski definition) is 0. The topological polar surface area (TPSA) is 15.8 Å². The number of H-pyrrole nitrogens is 1. The highest BCUT2D eigenvalue weighted by Gasteiger charge is 2.09. The molecule has 1 N–H and O–H groups in total. The van der Waals surface area contributed by atoms with Crippen LogP contribution in [0.3, 0.4) is 0 Å². The van der Waals surface area contributed by atoms with Crippen molar-refractivity contribution in [3.05, 3.63) is 48.2 Å². The van der Waals surface area contributed by atoms with Crippen LogP contribution in [0.1, 0.15) is 30.4 Å². The van der Waals surface area contributed by atoms with Crippen molar-refractivity contribution in [2.75, 3.05) is 0 Å². The van der Waals surface area contributed by atoms with E-state index >= 15 is 0 Å². The van der Waals surface area contributed by atoms with Crippen LogP contribution in [-0.4, -0.2) is 4.98 Å². The van der Waals surface area contributed by atoms with Gasteiger partial charge in [0.15, 0.2) is 0 Å². The summed E-state index contributed by atoms with van der Waals surface area (Å²) >= 11 is 0. The molecule has 0 spiro atoms. The van der Waals surface area contributed by atoms with E-state index in [0.29, 0.717) is 5.92 Å². The summed E-state index contributed by atoms with van der Waals surface area (Å²) in [6.45, 7) is 8.15. The molecule has 0 bridgehead atoms. The van der Waals surface area contributed by atoms with Crippen molar-refractivity contribution in [2.24, 2.45) is 0 Å². The molecule has 1 aromatic carbocycles. The summed E-state index contributed by atoms with van der Waals surface area (Å²) < 4.78 is 0. The SMILES string of the molecule is C=CCC(C)c1c[nH]c2cc(C)ccc12. The number of aryl methyl sites for hydroxylation is 1. The third-order valence-corrected chi connectivity index (χ3v) is 2.92. The molecule has 78 valence electrons. The van der Waals surface area contributed by atoms with E-state index in [1.165, 1.54) is 22.0 Å². The number of aromatic amines is 1. The van der Waals surface area contributed by atoms with Crippen LogP contribution in [0, 0.1) is 6.92 Å². The number of aromatic nitrogens is 1. The smallest absolute Gasteiger partial charge is 0.0459 e. The molecule has 1 nitrogen and oxygen atoms in total. The maximum atomic E-state index is 3.79. The number of rotatable bonds is 3. The molecule has 1 unspecified atom stereocenters. The van der Waals surface area contributed by atoms with E-state index in [0.717, 1.165) is 6.42 Å². The first-order valence-corrected chi connectivity index (χ1v) is 5.41. The van der Waals surface area contributed by atoms with Crippen LogP contribution in [0.4, 0.5) is 0 Å². The van der Waals surface area contributed by atoms with Gasteiger partial charge in [-0.1, -0.05) is 25.1 Å². The minimum absolute atomic E-state index is 0.541. The molecule has 1 heteroatoms. The predicted molar refractivity (Wildman–Crippen MR) is 66.3 cm³/mol. The molecule has 0 amide bonds. The van der Waals surface area contributed by atoms with Gasteiger partial charge in [0.2, 0.25) is 0 Å². The first-order chi connectivity index (χ1) is 7.22. The molecule has 1 aromatic heterocycles. The van der Waals surface area contributed by atoms with Crippen LogP contribution in [0.2, 0.25) is 0 Å². The molecule has 0 aliphatic rings. The second kappa shape index (κ2) is 3.93. The van der Waals surface area contributed by atoms with Gasteiger partial charge < -0.3 is 4.98 Å². The fraction of sp³-hybridized carbons (Fsp3) is 0.286. The van der Waals surface area contributed by atoms with Crippen LogP contribution in [0.25, 0.3) is 10.9 Å². The second-order valence-electron chi connectivity index (χ2n) is 4.22. The van der Waals surface area contributed by atoms with E-state index < -0.39 is 0 Å². The number of nitrogens with one attached hydrogen (secondary N) is 1. The van der Waals surface area contributed by atoms with Gasteiger partial charge in [-0.05, 0) is 36.5 Å². The van der Waals surface area contributed by atoms with Gasteiger partial charge in [0.25, 0.3) is 0 Å². The van der Waals surface area contributed by atoms with Crippen molar-refractivity contribution in [2.45, 2.75) is 26.2 Å². The van der Waals surface area contributed by atoms with Gasteiger partial charge in [-0.15, -0.1) is 6.58 Å². The summed E-state index contributed by atoms with van der Waals surface area (Å²) in [5, 5.41) is 1.34. The van der Waals surface area contributed by atoms with E-state index in [-0.39, 0.29) is 0 Å².